The molecule has 2 aromatic rings. The van der Waals surface area contributed by atoms with Gasteiger partial charge < -0.3 is 9.47 Å². The summed E-state index contributed by atoms with van der Waals surface area (Å²) in [5.74, 6) is -0.366. The SMILES string of the molecule is O=C(COCc1ccccc1)N1C(=O)OC[C@@H]1Cc1ccccc1. The molecule has 0 N–H and O–H groups in total. The molecule has 0 unspecified atom stereocenters. The predicted octanol–water partition coefficient (Wildman–Crippen LogP) is 2.79. The first-order chi connectivity index (χ1) is 11.7. The lowest BCUT2D eigenvalue weighted by Gasteiger charge is -2.19. The van der Waals surface area contributed by atoms with Crippen LogP contribution in [-0.2, 0) is 27.3 Å². The fourth-order valence-electron chi connectivity index (χ4n) is 2.70. The van der Waals surface area contributed by atoms with E-state index in [4.69, 9.17) is 9.47 Å². The van der Waals surface area contributed by atoms with Crippen LogP contribution in [0.5, 0.6) is 0 Å². The normalized spacial score (nSPS) is 16.9. The van der Waals surface area contributed by atoms with Gasteiger partial charge in [0.25, 0.3) is 5.91 Å². The van der Waals surface area contributed by atoms with Crippen LogP contribution in [0.15, 0.2) is 60.7 Å². The van der Waals surface area contributed by atoms with Crippen LogP contribution in [0.2, 0.25) is 0 Å². The molecule has 0 bridgehead atoms. The molecule has 0 spiro atoms. The number of rotatable bonds is 6. The molecule has 1 atom stereocenters. The predicted molar refractivity (Wildman–Crippen MR) is 88.2 cm³/mol. The number of hydrogen-bond donors (Lipinski definition) is 0. The first kappa shape index (κ1) is 16.2. The van der Waals surface area contributed by atoms with Crippen molar-refractivity contribution in [1.29, 1.82) is 0 Å². The average molecular weight is 325 g/mol. The van der Waals surface area contributed by atoms with Crippen molar-refractivity contribution >= 4 is 12.0 Å². The summed E-state index contributed by atoms with van der Waals surface area (Å²) < 4.78 is 10.5. The molecule has 0 saturated carbocycles. The second-order valence-corrected chi connectivity index (χ2v) is 5.66. The molecule has 1 aliphatic rings. The van der Waals surface area contributed by atoms with E-state index in [1.165, 1.54) is 4.90 Å². The molecule has 0 aliphatic carbocycles. The van der Waals surface area contributed by atoms with E-state index in [1.54, 1.807) is 0 Å². The van der Waals surface area contributed by atoms with Gasteiger partial charge in [0, 0.05) is 0 Å². The van der Waals surface area contributed by atoms with Gasteiger partial charge >= 0.3 is 6.09 Å². The second kappa shape index (κ2) is 7.75. The van der Waals surface area contributed by atoms with Crippen LogP contribution in [0, 0.1) is 0 Å². The minimum absolute atomic E-state index is 0.144. The van der Waals surface area contributed by atoms with E-state index in [1.807, 2.05) is 60.7 Å². The molecule has 5 nitrogen and oxygen atoms in total. The molecular formula is C19H19NO4. The van der Waals surface area contributed by atoms with E-state index in [2.05, 4.69) is 0 Å². The van der Waals surface area contributed by atoms with Gasteiger partial charge in [0.1, 0.15) is 13.2 Å². The lowest BCUT2D eigenvalue weighted by molar-refractivity contribution is -0.134. The fourth-order valence-corrected chi connectivity index (χ4v) is 2.70. The zero-order valence-electron chi connectivity index (χ0n) is 13.3. The van der Waals surface area contributed by atoms with Gasteiger partial charge in [-0.2, -0.15) is 0 Å². The van der Waals surface area contributed by atoms with Crippen LogP contribution in [0.4, 0.5) is 4.79 Å². The first-order valence-electron chi connectivity index (χ1n) is 7.88. The van der Waals surface area contributed by atoms with E-state index in [0.717, 1.165) is 11.1 Å². The summed E-state index contributed by atoms with van der Waals surface area (Å²) in [6.07, 6.45) is -0.0129. The third-order valence-electron chi connectivity index (χ3n) is 3.88. The third-order valence-corrected chi connectivity index (χ3v) is 3.88. The minimum Gasteiger partial charge on any atom is -0.447 e. The highest BCUT2D eigenvalue weighted by Crippen LogP contribution is 2.17. The van der Waals surface area contributed by atoms with E-state index < -0.39 is 6.09 Å². The van der Waals surface area contributed by atoms with Gasteiger partial charge in [0.2, 0.25) is 0 Å². The van der Waals surface area contributed by atoms with Crippen molar-refractivity contribution < 1.29 is 19.1 Å². The lowest BCUT2D eigenvalue weighted by atomic mass is 10.1. The van der Waals surface area contributed by atoms with Crippen molar-refractivity contribution in [3.63, 3.8) is 0 Å². The van der Waals surface area contributed by atoms with Gasteiger partial charge in [-0.15, -0.1) is 0 Å². The summed E-state index contributed by atoms with van der Waals surface area (Å²) in [4.78, 5) is 25.4. The van der Waals surface area contributed by atoms with Crippen LogP contribution in [0.25, 0.3) is 0 Å². The number of carbonyl (C=O) groups is 2. The minimum atomic E-state index is -0.593. The molecule has 1 aliphatic heterocycles. The Labute approximate surface area is 140 Å². The molecule has 2 amide bonds. The van der Waals surface area contributed by atoms with Crippen molar-refractivity contribution in [3.05, 3.63) is 71.8 Å². The summed E-state index contributed by atoms with van der Waals surface area (Å²) in [6, 6.07) is 19.0. The lowest BCUT2D eigenvalue weighted by Crippen LogP contribution is -2.42. The number of cyclic esters (lactones) is 1. The quantitative estimate of drug-likeness (QED) is 0.819. The summed E-state index contributed by atoms with van der Waals surface area (Å²) in [6.45, 7) is 0.409. The Balaban J connectivity index is 1.56. The Morgan fingerprint density at radius 3 is 2.33 bits per heavy atom. The third kappa shape index (κ3) is 4.00. The average Bonchev–Trinajstić information content (AvgIpc) is 2.97. The zero-order chi connectivity index (χ0) is 16.8. The van der Waals surface area contributed by atoms with Gasteiger partial charge in [0.15, 0.2) is 0 Å². The zero-order valence-corrected chi connectivity index (χ0v) is 13.3. The number of imide groups is 1. The van der Waals surface area contributed by atoms with Crippen molar-refractivity contribution in [2.75, 3.05) is 13.2 Å². The first-order valence-corrected chi connectivity index (χ1v) is 7.88. The number of hydrogen-bond acceptors (Lipinski definition) is 4. The number of nitrogens with zero attached hydrogens (tertiary/aromatic N) is 1. The Morgan fingerprint density at radius 1 is 1.04 bits per heavy atom. The molecule has 2 aromatic carbocycles. The smallest absolute Gasteiger partial charge is 0.417 e. The van der Waals surface area contributed by atoms with Crippen LogP contribution in [0.1, 0.15) is 11.1 Å². The second-order valence-electron chi connectivity index (χ2n) is 5.66. The van der Waals surface area contributed by atoms with Gasteiger partial charge in [-0.1, -0.05) is 60.7 Å². The molecule has 3 rings (SSSR count). The Morgan fingerprint density at radius 2 is 1.67 bits per heavy atom. The number of benzene rings is 2. The number of ether oxygens (including phenoxy) is 2. The fraction of sp³-hybridized carbons (Fsp3) is 0.263. The van der Waals surface area contributed by atoms with Crippen molar-refractivity contribution in [2.24, 2.45) is 0 Å². The number of carbonyl (C=O) groups excluding carboxylic acids is 2. The van der Waals surface area contributed by atoms with E-state index in [0.29, 0.717) is 13.0 Å². The largest absolute Gasteiger partial charge is 0.447 e. The Bertz CT molecular complexity index is 687. The van der Waals surface area contributed by atoms with Crippen molar-refractivity contribution in [2.45, 2.75) is 19.1 Å². The molecular weight excluding hydrogens is 306 g/mol. The standard InChI is InChI=1S/C19H19NO4/c21-18(14-23-12-16-9-5-2-6-10-16)20-17(13-24-19(20)22)11-15-7-3-1-4-8-15/h1-10,17H,11-14H2/t17-/m0/s1. The van der Waals surface area contributed by atoms with Crippen LogP contribution in [0.3, 0.4) is 0 Å². The summed E-state index contributed by atoms with van der Waals surface area (Å²) in [5.41, 5.74) is 2.04. The molecule has 0 radical (unpaired) electrons. The highest BCUT2D eigenvalue weighted by Gasteiger charge is 2.37. The summed E-state index contributed by atoms with van der Waals surface area (Å²) in [5, 5.41) is 0. The van der Waals surface area contributed by atoms with Gasteiger partial charge in [0.05, 0.1) is 12.6 Å². The Hall–Kier alpha value is -2.66. The molecule has 1 saturated heterocycles. The van der Waals surface area contributed by atoms with Gasteiger partial charge in [-0.3, -0.25) is 4.79 Å². The highest BCUT2D eigenvalue weighted by molar-refractivity contribution is 5.94. The van der Waals surface area contributed by atoms with Crippen LogP contribution < -0.4 is 0 Å². The van der Waals surface area contributed by atoms with Gasteiger partial charge in [-0.25, -0.2) is 9.69 Å². The molecule has 5 heteroatoms. The monoisotopic (exact) mass is 325 g/mol. The van der Waals surface area contributed by atoms with Crippen molar-refractivity contribution in [1.82, 2.24) is 4.90 Å². The molecule has 1 heterocycles. The summed E-state index contributed by atoms with van der Waals surface area (Å²) in [7, 11) is 0. The molecule has 0 aromatic heterocycles. The van der Waals surface area contributed by atoms with E-state index in [-0.39, 0.29) is 25.2 Å². The maximum Gasteiger partial charge on any atom is 0.417 e. The molecule has 124 valence electrons. The van der Waals surface area contributed by atoms with Crippen LogP contribution in [-0.4, -0.2) is 36.2 Å². The van der Waals surface area contributed by atoms with E-state index in [9.17, 15) is 9.59 Å². The number of amides is 2. The van der Waals surface area contributed by atoms with E-state index >= 15 is 0 Å². The topological polar surface area (TPSA) is 55.8 Å². The van der Waals surface area contributed by atoms with Crippen LogP contribution >= 0.6 is 0 Å². The maximum absolute atomic E-state index is 12.3. The highest BCUT2D eigenvalue weighted by atomic mass is 16.6. The summed E-state index contributed by atoms with van der Waals surface area (Å²) >= 11 is 0. The maximum atomic E-state index is 12.3. The van der Waals surface area contributed by atoms with Gasteiger partial charge in [-0.05, 0) is 17.5 Å². The molecule has 24 heavy (non-hydrogen) atoms. The Kier molecular flexibility index (Phi) is 5.23. The van der Waals surface area contributed by atoms with Crippen molar-refractivity contribution in [3.8, 4) is 0 Å². The molecule has 1 fully saturated rings.